The highest BCUT2D eigenvalue weighted by Crippen LogP contribution is 2.31. The van der Waals surface area contributed by atoms with Gasteiger partial charge in [0, 0.05) is 29.3 Å². The van der Waals surface area contributed by atoms with Crippen LogP contribution in [-0.2, 0) is 9.59 Å². The van der Waals surface area contributed by atoms with Gasteiger partial charge in [-0.25, -0.2) is 0 Å². The number of carbonyl (C=O) groups is 2. The second-order valence-corrected chi connectivity index (χ2v) is 7.43. The Labute approximate surface area is 154 Å². The van der Waals surface area contributed by atoms with Gasteiger partial charge in [0.15, 0.2) is 5.78 Å². The molecule has 25 heavy (non-hydrogen) atoms. The summed E-state index contributed by atoms with van der Waals surface area (Å²) in [5, 5.41) is 6.89. The lowest BCUT2D eigenvalue weighted by Gasteiger charge is -2.22. The maximum atomic E-state index is 12.4. The smallest absolute Gasteiger partial charge is 0.227 e. The molecule has 3 rings (SSSR count). The van der Waals surface area contributed by atoms with Crippen LogP contribution in [0.5, 0.6) is 0 Å². The third-order valence-corrected chi connectivity index (χ3v) is 5.53. The molecule has 1 saturated carbocycles. The Morgan fingerprint density at radius 2 is 1.88 bits per heavy atom. The van der Waals surface area contributed by atoms with Crippen LogP contribution in [0.4, 0.5) is 11.4 Å². The van der Waals surface area contributed by atoms with Crippen LogP contribution in [0.1, 0.15) is 58.3 Å². The Kier molecular flexibility index (Phi) is 5.79. The number of hydrogen-bond acceptors (Lipinski definition) is 3. The normalized spacial score (nSPS) is 19.0. The monoisotopic (exact) mass is 360 g/mol. The minimum absolute atomic E-state index is 0.0937. The first-order valence-corrected chi connectivity index (χ1v) is 9.53. The van der Waals surface area contributed by atoms with Crippen molar-refractivity contribution in [2.75, 3.05) is 10.6 Å². The first-order valence-electron chi connectivity index (χ1n) is 9.15. The molecule has 0 aromatic heterocycles. The molecule has 2 N–H and O–H groups in total. The number of nitrogens with one attached hydrogen (secondary N) is 2. The molecule has 2 aliphatic rings. The molecule has 1 aromatic carbocycles. The molecule has 0 saturated heterocycles. The molecular formula is C20H25ClN2O2. The second-order valence-electron chi connectivity index (χ2n) is 7.02. The van der Waals surface area contributed by atoms with Gasteiger partial charge in [-0.15, -0.1) is 0 Å². The number of carbonyl (C=O) groups excluding carboxylic acids is 2. The predicted molar refractivity (Wildman–Crippen MR) is 102 cm³/mol. The summed E-state index contributed by atoms with van der Waals surface area (Å²) in [5.74, 6) is 0.393. The van der Waals surface area contributed by atoms with E-state index in [9.17, 15) is 9.59 Å². The zero-order valence-corrected chi connectivity index (χ0v) is 15.4. The minimum Gasteiger partial charge on any atom is -0.357 e. The van der Waals surface area contributed by atoms with Gasteiger partial charge in [0.1, 0.15) is 0 Å². The van der Waals surface area contributed by atoms with Crippen molar-refractivity contribution >= 4 is 34.7 Å². The highest BCUT2D eigenvalue weighted by Gasteiger charge is 2.21. The number of allylic oxidation sites excluding steroid dienone is 2. The molecular weight excluding hydrogens is 336 g/mol. The fourth-order valence-electron chi connectivity index (χ4n) is 3.60. The van der Waals surface area contributed by atoms with Crippen molar-refractivity contribution in [3.63, 3.8) is 0 Å². The van der Waals surface area contributed by atoms with Crippen molar-refractivity contribution < 1.29 is 9.59 Å². The lowest BCUT2D eigenvalue weighted by molar-refractivity contribution is -0.120. The zero-order valence-electron chi connectivity index (χ0n) is 14.7. The van der Waals surface area contributed by atoms with Crippen molar-refractivity contribution in [3.05, 3.63) is 34.5 Å². The Balaban J connectivity index is 1.73. The largest absolute Gasteiger partial charge is 0.357 e. The van der Waals surface area contributed by atoms with E-state index in [1.165, 1.54) is 6.42 Å². The summed E-state index contributed by atoms with van der Waals surface area (Å²) in [7, 11) is 0. The molecule has 134 valence electrons. The van der Waals surface area contributed by atoms with Crippen molar-refractivity contribution in [2.45, 2.75) is 58.3 Å². The van der Waals surface area contributed by atoms with Crippen LogP contribution in [0.3, 0.4) is 0 Å². The fraction of sp³-hybridized carbons (Fsp3) is 0.500. The van der Waals surface area contributed by atoms with Crippen LogP contribution in [0.2, 0.25) is 5.02 Å². The summed E-state index contributed by atoms with van der Waals surface area (Å²) in [6, 6.07) is 5.45. The standard InChI is InChI=1S/C20H25ClN2O2/c1-13-17(8-5-9-19(13)24)23-18-12-15(10-11-16(18)21)22-20(25)14-6-3-2-4-7-14/h10-12,14,23H,2-9H2,1H3,(H,22,25). The van der Waals surface area contributed by atoms with E-state index >= 15 is 0 Å². The topological polar surface area (TPSA) is 58.2 Å². The van der Waals surface area contributed by atoms with Gasteiger partial charge in [-0.3, -0.25) is 9.59 Å². The van der Waals surface area contributed by atoms with Gasteiger partial charge in [-0.1, -0.05) is 30.9 Å². The maximum Gasteiger partial charge on any atom is 0.227 e. The quantitative estimate of drug-likeness (QED) is 0.766. The van der Waals surface area contributed by atoms with Crippen LogP contribution in [0.25, 0.3) is 0 Å². The molecule has 1 aromatic rings. The number of Topliss-reactive ketones (excluding diaryl/α,β-unsaturated/α-hetero) is 1. The van der Waals surface area contributed by atoms with Crippen LogP contribution in [0.15, 0.2) is 29.5 Å². The lowest BCUT2D eigenvalue weighted by Crippen LogP contribution is -2.24. The number of hydrogen-bond donors (Lipinski definition) is 2. The zero-order chi connectivity index (χ0) is 17.8. The number of ketones is 1. The van der Waals surface area contributed by atoms with E-state index in [1.54, 1.807) is 6.07 Å². The Bertz CT molecular complexity index is 706. The molecule has 0 heterocycles. The molecule has 0 spiro atoms. The summed E-state index contributed by atoms with van der Waals surface area (Å²) < 4.78 is 0. The van der Waals surface area contributed by atoms with Crippen LogP contribution < -0.4 is 10.6 Å². The number of rotatable bonds is 4. The number of amides is 1. The number of benzene rings is 1. The summed E-state index contributed by atoms with van der Waals surface area (Å²) in [6.45, 7) is 1.85. The van der Waals surface area contributed by atoms with Crippen LogP contribution in [-0.4, -0.2) is 11.7 Å². The predicted octanol–water partition coefficient (Wildman–Crippen LogP) is 5.30. The Morgan fingerprint density at radius 1 is 1.12 bits per heavy atom. The molecule has 4 nitrogen and oxygen atoms in total. The molecule has 1 amide bonds. The Morgan fingerprint density at radius 3 is 2.64 bits per heavy atom. The molecule has 0 aliphatic heterocycles. The first kappa shape index (κ1) is 18.0. The highest BCUT2D eigenvalue weighted by atomic mass is 35.5. The third-order valence-electron chi connectivity index (χ3n) is 5.20. The van der Waals surface area contributed by atoms with Gasteiger partial charge >= 0.3 is 0 Å². The molecule has 1 fully saturated rings. The molecule has 0 unspecified atom stereocenters. The Hall–Kier alpha value is -1.81. The molecule has 0 atom stereocenters. The molecule has 5 heteroatoms. The van der Waals surface area contributed by atoms with E-state index in [-0.39, 0.29) is 17.6 Å². The van der Waals surface area contributed by atoms with Gasteiger partial charge in [0.05, 0.1) is 10.7 Å². The van der Waals surface area contributed by atoms with Gasteiger partial charge < -0.3 is 10.6 Å². The summed E-state index contributed by atoms with van der Waals surface area (Å²) in [5.41, 5.74) is 3.17. The molecule has 0 radical (unpaired) electrons. The van der Waals surface area contributed by atoms with Gasteiger partial charge in [-0.05, 0) is 50.8 Å². The van der Waals surface area contributed by atoms with Crippen molar-refractivity contribution in [1.29, 1.82) is 0 Å². The number of halogens is 1. The van der Waals surface area contributed by atoms with Crippen molar-refractivity contribution in [3.8, 4) is 0 Å². The highest BCUT2D eigenvalue weighted by molar-refractivity contribution is 6.33. The summed E-state index contributed by atoms with van der Waals surface area (Å²) in [4.78, 5) is 24.3. The fourth-order valence-corrected chi connectivity index (χ4v) is 3.76. The van der Waals surface area contributed by atoms with E-state index in [2.05, 4.69) is 10.6 Å². The second kappa shape index (κ2) is 8.05. The summed E-state index contributed by atoms with van der Waals surface area (Å²) >= 11 is 6.30. The van der Waals surface area contributed by atoms with Crippen molar-refractivity contribution in [1.82, 2.24) is 0 Å². The third kappa shape index (κ3) is 4.43. The maximum absolute atomic E-state index is 12.4. The van der Waals surface area contributed by atoms with Crippen molar-refractivity contribution in [2.24, 2.45) is 5.92 Å². The minimum atomic E-state index is 0.0937. The van der Waals surface area contributed by atoms with Gasteiger partial charge in [0.2, 0.25) is 5.91 Å². The SMILES string of the molecule is CC1=C(Nc2cc(NC(=O)C3CCCCC3)ccc2Cl)CCCC1=O. The van der Waals surface area contributed by atoms with E-state index in [4.69, 9.17) is 11.6 Å². The summed E-state index contributed by atoms with van der Waals surface area (Å²) in [6.07, 6.45) is 7.74. The average Bonchev–Trinajstić information content (AvgIpc) is 2.62. The average molecular weight is 361 g/mol. The number of anilines is 2. The van der Waals surface area contributed by atoms with E-state index in [1.807, 2.05) is 19.1 Å². The van der Waals surface area contributed by atoms with Crippen LogP contribution in [0, 0.1) is 5.92 Å². The van der Waals surface area contributed by atoms with Gasteiger partial charge in [0.25, 0.3) is 0 Å². The first-order chi connectivity index (χ1) is 12.0. The van der Waals surface area contributed by atoms with Crippen LogP contribution >= 0.6 is 11.6 Å². The molecule has 0 bridgehead atoms. The van der Waals surface area contributed by atoms with Gasteiger partial charge in [-0.2, -0.15) is 0 Å². The van der Waals surface area contributed by atoms with E-state index < -0.39 is 0 Å². The van der Waals surface area contributed by atoms with E-state index in [0.29, 0.717) is 11.4 Å². The van der Waals surface area contributed by atoms with E-state index in [0.717, 1.165) is 61.2 Å². The lowest BCUT2D eigenvalue weighted by atomic mass is 9.88. The molecule has 2 aliphatic carbocycles.